The van der Waals surface area contributed by atoms with E-state index in [-0.39, 0.29) is 23.6 Å². The van der Waals surface area contributed by atoms with Gasteiger partial charge < -0.3 is 15.7 Å². The van der Waals surface area contributed by atoms with Crippen molar-refractivity contribution in [1.29, 1.82) is 0 Å². The number of nitrogens with two attached hydrogens (primary N) is 1. The van der Waals surface area contributed by atoms with E-state index in [4.69, 9.17) is 5.73 Å². The molecular formula is C16H22N2O2. The van der Waals surface area contributed by atoms with Gasteiger partial charge in [0.05, 0.1) is 0 Å². The molecule has 4 heteroatoms. The number of rotatable bonds is 1. The van der Waals surface area contributed by atoms with E-state index in [0.717, 1.165) is 44.2 Å². The van der Waals surface area contributed by atoms with Gasteiger partial charge in [-0.1, -0.05) is 6.07 Å². The zero-order valence-electron chi connectivity index (χ0n) is 11.7. The van der Waals surface area contributed by atoms with Crippen LogP contribution in [0.4, 0.5) is 0 Å². The molecule has 1 heterocycles. The molecule has 1 aliphatic heterocycles. The summed E-state index contributed by atoms with van der Waals surface area (Å²) in [6, 6.07) is 5.74. The van der Waals surface area contributed by atoms with Crippen LogP contribution >= 0.6 is 0 Å². The molecule has 1 amide bonds. The molecule has 0 atom stereocenters. The molecule has 20 heavy (non-hydrogen) atoms. The van der Waals surface area contributed by atoms with Crippen molar-refractivity contribution in [2.24, 2.45) is 11.7 Å². The van der Waals surface area contributed by atoms with Crippen molar-refractivity contribution < 1.29 is 9.90 Å². The zero-order valence-corrected chi connectivity index (χ0v) is 11.7. The maximum absolute atomic E-state index is 12.6. The van der Waals surface area contributed by atoms with Gasteiger partial charge in [0.1, 0.15) is 5.75 Å². The molecule has 3 rings (SSSR count). The number of benzene rings is 1. The first-order valence-electron chi connectivity index (χ1n) is 7.48. The molecule has 0 saturated heterocycles. The SMILES string of the molecule is NC1CCC(C(=O)N2CCc3ccc(O)cc3C2)CC1. The largest absolute Gasteiger partial charge is 0.508 e. The molecule has 4 nitrogen and oxygen atoms in total. The number of nitrogens with zero attached hydrogens (tertiary/aromatic N) is 1. The number of hydrogen-bond acceptors (Lipinski definition) is 3. The number of amides is 1. The van der Waals surface area contributed by atoms with E-state index in [9.17, 15) is 9.90 Å². The molecule has 1 aliphatic carbocycles. The molecule has 0 unspecified atom stereocenters. The minimum atomic E-state index is 0.147. The summed E-state index contributed by atoms with van der Waals surface area (Å²) in [5, 5.41) is 9.57. The van der Waals surface area contributed by atoms with Crippen LogP contribution in [0.3, 0.4) is 0 Å². The molecule has 1 aromatic carbocycles. The molecule has 3 N–H and O–H groups in total. The van der Waals surface area contributed by atoms with Crippen LogP contribution in [-0.4, -0.2) is 28.5 Å². The van der Waals surface area contributed by atoms with Crippen LogP contribution in [0.1, 0.15) is 36.8 Å². The fourth-order valence-corrected chi connectivity index (χ4v) is 3.36. The van der Waals surface area contributed by atoms with Crippen LogP contribution in [0.5, 0.6) is 5.75 Å². The summed E-state index contributed by atoms with van der Waals surface area (Å²) in [5.74, 6) is 0.696. The van der Waals surface area contributed by atoms with Gasteiger partial charge in [-0.3, -0.25) is 4.79 Å². The van der Waals surface area contributed by atoms with Crippen molar-refractivity contribution in [2.75, 3.05) is 6.54 Å². The summed E-state index contributed by atoms with van der Waals surface area (Å²) in [6.45, 7) is 1.42. The molecule has 1 aromatic rings. The zero-order chi connectivity index (χ0) is 14.1. The van der Waals surface area contributed by atoms with Gasteiger partial charge in [-0.25, -0.2) is 0 Å². The highest BCUT2D eigenvalue weighted by Crippen LogP contribution is 2.28. The fraction of sp³-hybridized carbons (Fsp3) is 0.562. The van der Waals surface area contributed by atoms with Crippen molar-refractivity contribution in [3.63, 3.8) is 0 Å². The lowest BCUT2D eigenvalue weighted by Crippen LogP contribution is -2.42. The van der Waals surface area contributed by atoms with E-state index in [1.165, 1.54) is 5.56 Å². The Balaban J connectivity index is 1.68. The molecule has 1 saturated carbocycles. The second kappa shape index (κ2) is 5.44. The molecule has 108 valence electrons. The van der Waals surface area contributed by atoms with Crippen molar-refractivity contribution >= 4 is 5.91 Å². The number of carbonyl (C=O) groups excluding carboxylic acids is 1. The topological polar surface area (TPSA) is 66.6 Å². The normalized spacial score (nSPS) is 26.1. The van der Waals surface area contributed by atoms with Crippen molar-refractivity contribution in [3.8, 4) is 5.75 Å². The predicted octanol–water partition coefficient (Wildman–Crippen LogP) is 1.79. The lowest BCUT2D eigenvalue weighted by Gasteiger charge is -2.34. The van der Waals surface area contributed by atoms with Crippen molar-refractivity contribution in [1.82, 2.24) is 4.90 Å². The Morgan fingerprint density at radius 2 is 1.95 bits per heavy atom. The summed E-state index contributed by atoms with van der Waals surface area (Å²) in [4.78, 5) is 14.5. The Kier molecular flexibility index (Phi) is 3.66. The monoisotopic (exact) mass is 274 g/mol. The number of aromatic hydroxyl groups is 1. The van der Waals surface area contributed by atoms with Crippen molar-refractivity contribution in [3.05, 3.63) is 29.3 Å². The van der Waals surface area contributed by atoms with Crippen LogP contribution in [0, 0.1) is 5.92 Å². The molecule has 2 aliphatic rings. The Labute approximate surface area is 119 Å². The first-order chi connectivity index (χ1) is 9.63. The third kappa shape index (κ3) is 2.66. The number of hydrogen-bond donors (Lipinski definition) is 2. The molecule has 0 bridgehead atoms. The first-order valence-corrected chi connectivity index (χ1v) is 7.48. The quantitative estimate of drug-likeness (QED) is 0.820. The predicted molar refractivity (Wildman–Crippen MR) is 77.2 cm³/mol. The van der Waals surface area contributed by atoms with E-state index in [0.29, 0.717) is 6.54 Å². The fourth-order valence-electron chi connectivity index (χ4n) is 3.36. The highest BCUT2D eigenvalue weighted by molar-refractivity contribution is 5.79. The second-order valence-electron chi connectivity index (χ2n) is 6.07. The van der Waals surface area contributed by atoms with Crippen LogP contribution in [-0.2, 0) is 17.8 Å². The minimum Gasteiger partial charge on any atom is -0.508 e. The average Bonchev–Trinajstić information content (AvgIpc) is 2.46. The van der Waals surface area contributed by atoms with E-state index >= 15 is 0 Å². The van der Waals surface area contributed by atoms with Crippen molar-refractivity contribution in [2.45, 2.75) is 44.7 Å². The highest BCUT2D eigenvalue weighted by atomic mass is 16.3. The molecule has 0 radical (unpaired) electrons. The lowest BCUT2D eigenvalue weighted by atomic mass is 9.85. The van der Waals surface area contributed by atoms with Gasteiger partial charge in [0.2, 0.25) is 5.91 Å². The number of phenolic OH excluding ortho intramolecular Hbond substituents is 1. The summed E-state index contributed by atoms with van der Waals surface area (Å²) in [5.41, 5.74) is 8.23. The maximum atomic E-state index is 12.6. The molecular weight excluding hydrogens is 252 g/mol. The van der Waals surface area contributed by atoms with Gasteiger partial charge in [0, 0.05) is 25.0 Å². The Bertz CT molecular complexity index is 507. The lowest BCUT2D eigenvalue weighted by molar-refractivity contribution is -0.137. The summed E-state index contributed by atoms with van der Waals surface area (Å²) in [6.07, 6.45) is 4.64. The number of carbonyl (C=O) groups is 1. The van der Waals surface area contributed by atoms with Crippen LogP contribution in [0.15, 0.2) is 18.2 Å². The third-order valence-corrected chi connectivity index (χ3v) is 4.63. The smallest absolute Gasteiger partial charge is 0.225 e. The van der Waals surface area contributed by atoms with E-state index < -0.39 is 0 Å². The molecule has 0 spiro atoms. The van der Waals surface area contributed by atoms with Gasteiger partial charge >= 0.3 is 0 Å². The average molecular weight is 274 g/mol. The summed E-state index contributed by atoms with van der Waals surface area (Å²) < 4.78 is 0. The van der Waals surface area contributed by atoms with Gasteiger partial charge in [-0.15, -0.1) is 0 Å². The Morgan fingerprint density at radius 3 is 2.70 bits per heavy atom. The van der Waals surface area contributed by atoms with Crippen LogP contribution in [0.2, 0.25) is 0 Å². The Morgan fingerprint density at radius 1 is 1.20 bits per heavy atom. The number of phenols is 1. The van der Waals surface area contributed by atoms with E-state index in [2.05, 4.69) is 0 Å². The van der Waals surface area contributed by atoms with Gasteiger partial charge in [0.15, 0.2) is 0 Å². The van der Waals surface area contributed by atoms with Crippen LogP contribution < -0.4 is 5.73 Å². The van der Waals surface area contributed by atoms with E-state index in [1.807, 2.05) is 11.0 Å². The van der Waals surface area contributed by atoms with E-state index in [1.54, 1.807) is 12.1 Å². The number of fused-ring (bicyclic) bond motifs is 1. The maximum Gasteiger partial charge on any atom is 0.225 e. The third-order valence-electron chi connectivity index (χ3n) is 4.63. The molecule has 1 fully saturated rings. The standard InChI is InChI=1S/C16H22N2O2/c17-14-4-1-12(2-5-14)16(20)18-8-7-11-3-6-15(19)9-13(11)10-18/h3,6,9,12,14,19H,1-2,4-5,7-8,10,17H2. The Hall–Kier alpha value is -1.55. The van der Waals surface area contributed by atoms with Gasteiger partial charge in [-0.2, -0.15) is 0 Å². The first kappa shape index (κ1) is 13.4. The minimum absolute atomic E-state index is 0.147. The van der Waals surface area contributed by atoms with Gasteiger partial charge in [-0.05, 0) is 55.4 Å². The summed E-state index contributed by atoms with van der Waals surface area (Å²) >= 11 is 0. The second-order valence-corrected chi connectivity index (χ2v) is 6.07. The van der Waals surface area contributed by atoms with Gasteiger partial charge in [0.25, 0.3) is 0 Å². The summed E-state index contributed by atoms with van der Waals surface area (Å²) in [7, 11) is 0. The molecule has 0 aromatic heterocycles. The highest BCUT2D eigenvalue weighted by Gasteiger charge is 2.30. The van der Waals surface area contributed by atoms with Crippen LogP contribution in [0.25, 0.3) is 0 Å².